The molecular weight excluding hydrogens is 410 g/mol. The second kappa shape index (κ2) is 9.09. The van der Waals surface area contributed by atoms with E-state index in [-0.39, 0.29) is 17.3 Å². The maximum Gasteiger partial charge on any atom is 0.239 e. The molecule has 0 radical (unpaired) electrons. The number of ketones is 2. The van der Waals surface area contributed by atoms with Gasteiger partial charge in [0.25, 0.3) is 0 Å². The van der Waals surface area contributed by atoms with Crippen LogP contribution in [0, 0.1) is 0 Å². The number of H-pyrrole nitrogens is 1. The molecule has 0 unspecified atom stereocenters. The van der Waals surface area contributed by atoms with Crippen LogP contribution in [-0.4, -0.2) is 49.0 Å². The fourth-order valence-electron chi connectivity index (χ4n) is 3.19. The lowest BCUT2D eigenvalue weighted by Gasteiger charge is -2.08. The SMILES string of the molecule is COc1ccc(Cn2cc(C(=O)c3ccccc3)cc2C(=O)C=C(O)c2nn[nH]n2)cc1. The molecule has 0 aliphatic carbocycles. The van der Waals surface area contributed by atoms with Gasteiger partial charge in [-0.1, -0.05) is 42.5 Å². The van der Waals surface area contributed by atoms with Gasteiger partial charge in [0, 0.05) is 29.9 Å². The summed E-state index contributed by atoms with van der Waals surface area (Å²) < 4.78 is 6.85. The maximum atomic E-state index is 13.0. The second-order valence-corrected chi connectivity index (χ2v) is 6.91. The topological polar surface area (TPSA) is 123 Å². The number of aliphatic hydroxyl groups is 1. The number of nitrogens with one attached hydrogen (secondary N) is 1. The molecule has 0 bridgehead atoms. The van der Waals surface area contributed by atoms with Crippen LogP contribution < -0.4 is 4.74 Å². The van der Waals surface area contributed by atoms with Crippen molar-refractivity contribution in [1.82, 2.24) is 25.2 Å². The number of rotatable bonds is 8. The third kappa shape index (κ3) is 4.46. The molecule has 4 rings (SSSR count). The smallest absolute Gasteiger partial charge is 0.239 e. The van der Waals surface area contributed by atoms with Crippen molar-refractivity contribution in [2.75, 3.05) is 7.11 Å². The summed E-state index contributed by atoms with van der Waals surface area (Å²) in [5, 5.41) is 23.0. The van der Waals surface area contributed by atoms with Gasteiger partial charge in [-0.15, -0.1) is 10.2 Å². The summed E-state index contributed by atoms with van der Waals surface area (Å²) >= 11 is 0. The number of carbonyl (C=O) groups is 2. The number of ether oxygens (including phenoxy) is 1. The Balaban J connectivity index is 1.70. The van der Waals surface area contributed by atoms with Crippen LogP contribution in [0.2, 0.25) is 0 Å². The molecule has 0 saturated heterocycles. The van der Waals surface area contributed by atoms with Gasteiger partial charge in [0.15, 0.2) is 11.5 Å². The van der Waals surface area contributed by atoms with Gasteiger partial charge in [-0.3, -0.25) is 9.59 Å². The number of methoxy groups -OCH3 is 1. The summed E-state index contributed by atoms with van der Waals surface area (Å²) in [6.45, 7) is 0.337. The fourth-order valence-corrected chi connectivity index (χ4v) is 3.19. The predicted octanol–water partition coefficient (Wildman–Crippen LogP) is 3.07. The Morgan fingerprint density at radius 1 is 1.09 bits per heavy atom. The van der Waals surface area contributed by atoms with Crippen molar-refractivity contribution in [3.05, 3.63) is 101 Å². The summed E-state index contributed by atoms with van der Waals surface area (Å²) in [5.41, 5.74) is 2.01. The average Bonchev–Trinajstić information content (AvgIpc) is 3.50. The summed E-state index contributed by atoms with van der Waals surface area (Å²) in [5.74, 6) is -0.540. The second-order valence-electron chi connectivity index (χ2n) is 6.91. The first-order valence-electron chi connectivity index (χ1n) is 9.67. The van der Waals surface area contributed by atoms with Crippen molar-refractivity contribution in [3.63, 3.8) is 0 Å². The number of aromatic nitrogens is 5. The Hall–Kier alpha value is -4.53. The number of carbonyl (C=O) groups excluding carboxylic acids is 2. The van der Waals surface area contributed by atoms with E-state index in [0.29, 0.717) is 23.4 Å². The monoisotopic (exact) mass is 429 g/mol. The minimum absolute atomic E-state index is 0.104. The summed E-state index contributed by atoms with van der Waals surface area (Å²) in [6.07, 6.45) is 2.63. The summed E-state index contributed by atoms with van der Waals surface area (Å²) in [7, 11) is 1.59. The van der Waals surface area contributed by atoms with Crippen molar-refractivity contribution in [1.29, 1.82) is 0 Å². The van der Waals surface area contributed by atoms with E-state index >= 15 is 0 Å². The summed E-state index contributed by atoms with van der Waals surface area (Å²) in [4.78, 5) is 25.9. The maximum absolute atomic E-state index is 13.0. The van der Waals surface area contributed by atoms with Gasteiger partial charge in [-0.05, 0) is 29.0 Å². The van der Waals surface area contributed by atoms with E-state index in [0.717, 1.165) is 11.6 Å². The molecule has 9 heteroatoms. The van der Waals surface area contributed by atoms with E-state index in [1.54, 1.807) is 42.1 Å². The van der Waals surface area contributed by atoms with Gasteiger partial charge >= 0.3 is 0 Å². The van der Waals surface area contributed by atoms with Gasteiger partial charge in [-0.25, -0.2) is 0 Å². The highest BCUT2D eigenvalue weighted by molar-refractivity contribution is 6.12. The van der Waals surface area contributed by atoms with E-state index in [4.69, 9.17) is 4.74 Å². The van der Waals surface area contributed by atoms with Crippen molar-refractivity contribution in [3.8, 4) is 5.75 Å². The molecule has 0 fully saturated rings. The van der Waals surface area contributed by atoms with E-state index in [9.17, 15) is 14.7 Å². The number of aliphatic hydroxyl groups excluding tert-OH is 1. The van der Waals surface area contributed by atoms with Gasteiger partial charge in [-0.2, -0.15) is 5.21 Å². The van der Waals surface area contributed by atoms with Crippen molar-refractivity contribution in [2.45, 2.75) is 6.54 Å². The lowest BCUT2D eigenvalue weighted by atomic mass is 10.1. The first-order chi connectivity index (χ1) is 15.5. The normalized spacial score (nSPS) is 11.3. The minimum atomic E-state index is -0.507. The van der Waals surface area contributed by atoms with Crippen molar-refractivity contribution >= 4 is 17.3 Å². The highest BCUT2D eigenvalue weighted by atomic mass is 16.5. The molecule has 32 heavy (non-hydrogen) atoms. The standard InChI is InChI=1S/C23H19N5O4/c1-32-18-9-7-15(8-10-18)13-28-14-17(22(31)16-5-3-2-4-6-16)11-19(28)20(29)12-21(30)23-24-26-27-25-23/h2-12,14,30H,13H2,1H3,(H,24,25,26,27). The molecule has 4 aromatic rings. The van der Waals surface area contributed by atoms with Crippen LogP contribution >= 0.6 is 0 Å². The molecule has 2 aromatic heterocycles. The molecule has 2 N–H and O–H groups in total. The van der Waals surface area contributed by atoms with E-state index in [1.807, 2.05) is 30.3 Å². The molecule has 0 saturated carbocycles. The largest absolute Gasteiger partial charge is 0.504 e. The highest BCUT2D eigenvalue weighted by Crippen LogP contribution is 2.19. The van der Waals surface area contributed by atoms with Crippen LogP contribution in [0.4, 0.5) is 0 Å². The third-order valence-electron chi connectivity index (χ3n) is 4.80. The quantitative estimate of drug-likeness (QED) is 0.251. The van der Waals surface area contributed by atoms with Crippen molar-refractivity contribution in [2.24, 2.45) is 0 Å². The van der Waals surface area contributed by atoms with E-state index < -0.39 is 11.5 Å². The number of hydrogen-bond donors (Lipinski definition) is 2. The lowest BCUT2D eigenvalue weighted by Crippen LogP contribution is -2.08. The van der Waals surface area contributed by atoms with E-state index in [1.165, 1.54) is 6.07 Å². The van der Waals surface area contributed by atoms with Gasteiger partial charge < -0.3 is 14.4 Å². The van der Waals surface area contributed by atoms with Crippen LogP contribution in [0.25, 0.3) is 5.76 Å². The van der Waals surface area contributed by atoms with Crippen molar-refractivity contribution < 1.29 is 19.4 Å². The number of benzene rings is 2. The zero-order valence-corrected chi connectivity index (χ0v) is 17.1. The zero-order chi connectivity index (χ0) is 22.5. The van der Waals surface area contributed by atoms with Gasteiger partial charge in [0.1, 0.15) is 5.75 Å². The molecule has 0 aliphatic heterocycles. The number of aromatic amines is 1. The molecule has 0 aliphatic rings. The number of allylic oxidation sites excluding steroid dienone is 1. The molecule has 2 heterocycles. The molecule has 160 valence electrons. The first kappa shape index (κ1) is 20.7. The minimum Gasteiger partial charge on any atom is -0.504 e. The lowest BCUT2D eigenvalue weighted by molar-refractivity contribution is 0.103. The fraction of sp³-hybridized carbons (Fsp3) is 0.0870. The molecule has 2 aromatic carbocycles. The number of hydrogen-bond acceptors (Lipinski definition) is 7. The third-order valence-corrected chi connectivity index (χ3v) is 4.80. The number of tetrazole rings is 1. The summed E-state index contributed by atoms with van der Waals surface area (Å²) in [6, 6.07) is 17.7. The van der Waals surface area contributed by atoms with Crippen LogP contribution in [-0.2, 0) is 6.54 Å². The van der Waals surface area contributed by atoms with Gasteiger partial charge in [0.05, 0.1) is 12.8 Å². The molecule has 0 amide bonds. The predicted molar refractivity (Wildman–Crippen MR) is 116 cm³/mol. The Labute approximate surface area is 183 Å². The molecule has 0 atom stereocenters. The van der Waals surface area contributed by atoms with E-state index in [2.05, 4.69) is 20.6 Å². The van der Waals surface area contributed by atoms with Crippen LogP contribution in [0.5, 0.6) is 5.75 Å². The Morgan fingerprint density at radius 3 is 2.50 bits per heavy atom. The molecule has 0 spiro atoms. The Morgan fingerprint density at radius 2 is 1.84 bits per heavy atom. The molecule has 9 nitrogen and oxygen atoms in total. The van der Waals surface area contributed by atoms with Crippen LogP contribution in [0.15, 0.2) is 72.9 Å². The van der Waals surface area contributed by atoms with Gasteiger partial charge in [0.2, 0.25) is 11.6 Å². The first-order valence-corrected chi connectivity index (χ1v) is 9.67. The highest BCUT2D eigenvalue weighted by Gasteiger charge is 2.19. The molecular formula is C23H19N5O4. The Bertz CT molecular complexity index is 1260. The Kier molecular flexibility index (Phi) is 5.89. The number of nitrogens with zero attached hydrogens (tertiary/aromatic N) is 4. The van der Waals surface area contributed by atoms with Crippen LogP contribution in [0.1, 0.15) is 37.8 Å². The average molecular weight is 429 g/mol. The zero-order valence-electron chi connectivity index (χ0n) is 17.1. The van der Waals surface area contributed by atoms with Crippen LogP contribution in [0.3, 0.4) is 0 Å².